The summed E-state index contributed by atoms with van der Waals surface area (Å²) >= 11 is 12.1. The van der Waals surface area contributed by atoms with Gasteiger partial charge in [-0.05, 0) is 30.3 Å². The molecule has 0 N–H and O–H groups in total. The van der Waals surface area contributed by atoms with Crippen molar-refractivity contribution in [2.75, 3.05) is 7.11 Å². The summed E-state index contributed by atoms with van der Waals surface area (Å²) in [5, 5.41) is 0.523. The van der Waals surface area contributed by atoms with Gasteiger partial charge in [-0.1, -0.05) is 44.0 Å². The van der Waals surface area contributed by atoms with Gasteiger partial charge in [0.2, 0.25) is 0 Å². The molecule has 20 heavy (non-hydrogen) atoms. The molecule has 0 aliphatic carbocycles. The molecule has 0 atom stereocenters. The number of hydrogen-bond acceptors (Lipinski definition) is 3. The zero-order valence-electron chi connectivity index (χ0n) is 12.6. The van der Waals surface area contributed by atoms with Gasteiger partial charge in [0.05, 0.1) is 17.2 Å². The Bertz CT molecular complexity index is 522. The summed E-state index contributed by atoms with van der Waals surface area (Å²) in [5.41, 5.74) is 0.187. The maximum absolute atomic E-state index is 12.4. The third-order valence-corrected chi connectivity index (χ3v) is 8.54. The van der Waals surface area contributed by atoms with Crippen molar-refractivity contribution < 1.29 is 14.0 Å². The van der Waals surface area contributed by atoms with Crippen LogP contribution in [0.3, 0.4) is 0 Å². The molecule has 0 amide bonds. The van der Waals surface area contributed by atoms with Crippen LogP contribution in [0.1, 0.15) is 31.1 Å². The van der Waals surface area contributed by atoms with Crippen LogP contribution in [-0.2, 0) is 4.43 Å². The molecule has 0 fully saturated rings. The molecule has 1 aromatic carbocycles. The highest BCUT2D eigenvalue weighted by Gasteiger charge is 2.41. The molecule has 0 spiro atoms. The van der Waals surface area contributed by atoms with E-state index in [1.54, 1.807) is 12.1 Å². The summed E-state index contributed by atoms with van der Waals surface area (Å²) < 4.78 is 10.9. The third kappa shape index (κ3) is 3.48. The lowest BCUT2D eigenvalue weighted by atomic mass is 10.2. The van der Waals surface area contributed by atoms with E-state index in [9.17, 15) is 4.79 Å². The monoisotopic (exact) mass is 334 g/mol. The fourth-order valence-electron chi connectivity index (χ4n) is 1.36. The van der Waals surface area contributed by atoms with Gasteiger partial charge in [0.25, 0.3) is 8.32 Å². The van der Waals surface area contributed by atoms with Crippen molar-refractivity contribution in [2.45, 2.75) is 38.9 Å². The molecular weight excluding hydrogens is 315 g/mol. The van der Waals surface area contributed by atoms with Gasteiger partial charge in [-0.25, -0.2) is 4.79 Å². The predicted octanol–water partition coefficient (Wildman–Crippen LogP) is 5.16. The van der Waals surface area contributed by atoms with Gasteiger partial charge >= 0.3 is 5.97 Å². The van der Waals surface area contributed by atoms with Gasteiger partial charge in [0.1, 0.15) is 5.56 Å². The SMILES string of the molecule is COc1c(Cl)ccc(Cl)c1C(=O)O[Si](C)(C)C(C)(C)C. The zero-order valence-corrected chi connectivity index (χ0v) is 15.1. The summed E-state index contributed by atoms with van der Waals surface area (Å²) in [6, 6.07) is 3.15. The Hall–Kier alpha value is -0.713. The van der Waals surface area contributed by atoms with Crippen molar-refractivity contribution in [1.29, 1.82) is 0 Å². The fraction of sp³-hybridized carbons (Fsp3) is 0.500. The van der Waals surface area contributed by atoms with Crippen LogP contribution in [-0.4, -0.2) is 21.4 Å². The molecule has 0 aliphatic heterocycles. The van der Waals surface area contributed by atoms with Crippen LogP contribution in [0.15, 0.2) is 12.1 Å². The Morgan fingerprint density at radius 1 is 1.15 bits per heavy atom. The van der Waals surface area contributed by atoms with E-state index in [1.807, 2.05) is 13.1 Å². The van der Waals surface area contributed by atoms with E-state index in [0.717, 1.165) is 0 Å². The molecule has 0 unspecified atom stereocenters. The molecule has 0 aromatic heterocycles. The standard InChI is InChI=1S/C14H20Cl2O3Si/c1-14(2,3)20(5,6)19-13(17)11-9(15)7-8-10(16)12(11)18-4/h7-8H,1-6H3. The van der Waals surface area contributed by atoms with Gasteiger partial charge in [0.15, 0.2) is 5.75 Å². The van der Waals surface area contributed by atoms with E-state index in [1.165, 1.54) is 7.11 Å². The number of methoxy groups -OCH3 is 1. The minimum Gasteiger partial charge on any atom is -0.515 e. The Balaban J connectivity index is 3.21. The highest BCUT2D eigenvalue weighted by Crippen LogP contribution is 2.39. The number of ether oxygens (including phenoxy) is 1. The van der Waals surface area contributed by atoms with Crippen LogP contribution < -0.4 is 4.74 Å². The molecule has 0 aliphatic rings. The number of carbonyl (C=O) groups excluding carboxylic acids is 1. The number of hydrogen-bond donors (Lipinski definition) is 0. The predicted molar refractivity (Wildman–Crippen MR) is 85.6 cm³/mol. The molecule has 0 heterocycles. The van der Waals surface area contributed by atoms with E-state index in [4.69, 9.17) is 32.4 Å². The highest BCUT2D eigenvalue weighted by molar-refractivity contribution is 6.75. The number of benzene rings is 1. The lowest BCUT2D eigenvalue weighted by Crippen LogP contribution is -2.42. The first-order valence-corrected chi connectivity index (χ1v) is 9.93. The zero-order chi connectivity index (χ0) is 15.7. The van der Waals surface area contributed by atoms with Crippen molar-refractivity contribution in [3.8, 4) is 5.75 Å². The summed E-state index contributed by atoms with van der Waals surface area (Å²) in [5.74, 6) is -0.233. The Kier molecular flexibility index (Phi) is 5.16. The van der Waals surface area contributed by atoms with E-state index < -0.39 is 14.3 Å². The number of halogens is 2. The second kappa shape index (κ2) is 5.96. The summed E-state index contributed by atoms with van der Waals surface area (Å²) in [7, 11) is -0.788. The van der Waals surface area contributed by atoms with Gasteiger partial charge in [-0.3, -0.25) is 0 Å². The maximum atomic E-state index is 12.4. The van der Waals surface area contributed by atoms with E-state index in [2.05, 4.69) is 20.8 Å². The number of carbonyl (C=O) groups is 1. The molecule has 112 valence electrons. The molecule has 1 rings (SSSR count). The van der Waals surface area contributed by atoms with Gasteiger partial charge in [-0.2, -0.15) is 0 Å². The largest absolute Gasteiger partial charge is 0.515 e. The Labute approximate surface area is 131 Å². The average molecular weight is 335 g/mol. The smallest absolute Gasteiger partial charge is 0.330 e. The second-order valence-electron chi connectivity index (χ2n) is 6.09. The Morgan fingerprint density at radius 2 is 1.65 bits per heavy atom. The molecule has 0 saturated heterocycles. The third-order valence-electron chi connectivity index (χ3n) is 3.62. The quantitative estimate of drug-likeness (QED) is 0.715. The first-order chi connectivity index (χ1) is 9.01. The first-order valence-electron chi connectivity index (χ1n) is 6.26. The lowest BCUT2D eigenvalue weighted by molar-refractivity contribution is 0.0709. The van der Waals surface area contributed by atoms with E-state index in [0.29, 0.717) is 5.02 Å². The second-order valence-corrected chi connectivity index (χ2v) is 11.6. The topological polar surface area (TPSA) is 35.5 Å². The number of rotatable bonds is 3. The molecule has 1 aromatic rings. The van der Waals surface area contributed by atoms with Crippen molar-refractivity contribution in [2.24, 2.45) is 0 Å². The van der Waals surface area contributed by atoms with Crippen LogP contribution >= 0.6 is 23.2 Å². The maximum Gasteiger partial charge on any atom is 0.330 e. The van der Waals surface area contributed by atoms with Gasteiger partial charge in [0, 0.05) is 0 Å². The fourth-order valence-corrected chi connectivity index (χ4v) is 2.69. The molecule has 6 heteroatoms. The summed E-state index contributed by atoms with van der Waals surface area (Å²) in [4.78, 5) is 12.4. The highest BCUT2D eigenvalue weighted by atomic mass is 35.5. The average Bonchev–Trinajstić information content (AvgIpc) is 2.29. The van der Waals surface area contributed by atoms with Crippen molar-refractivity contribution >= 4 is 37.5 Å². The minimum absolute atomic E-state index is 0.0824. The molecular formula is C14H20Cl2O3Si. The van der Waals surface area contributed by atoms with E-state index in [-0.39, 0.29) is 21.4 Å². The minimum atomic E-state index is -2.23. The molecule has 0 saturated carbocycles. The lowest BCUT2D eigenvalue weighted by Gasteiger charge is -2.35. The Morgan fingerprint density at radius 3 is 2.10 bits per heavy atom. The van der Waals surface area contributed by atoms with Gasteiger partial charge < -0.3 is 9.16 Å². The van der Waals surface area contributed by atoms with Crippen molar-refractivity contribution in [3.05, 3.63) is 27.7 Å². The van der Waals surface area contributed by atoms with Crippen LogP contribution in [0.2, 0.25) is 28.2 Å². The van der Waals surface area contributed by atoms with Crippen molar-refractivity contribution in [1.82, 2.24) is 0 Å². The van der Waals surface area contributed by atoms with E-state index >= 15 is 0 Å². The summed E-state index contributed by atoms with van der Waals surface area (Å²) in [6.07, 6.45) is 0. The molecule has 0 radical (unpaired) electrons. The normalized spacial score (nSPS) is 12.2. The molecule has 0 bridgehead atoms. The summed E-state index contributed by atoms with van der Waals surface area (Å²) in [6.45, 7) is 10.2. The van der Waals surface area contributed by atoms with Crippen LogP contribution in [0.5, 0.6) is 5.75 Å². The van der Waals surface area contributed by atoms with Crippen LogP contribution in [0, 0.1) is 0 Å². The van der Waals surface area contributed by atoms with Crippen LogP contribution in [0.25, 0.3) is 0 Å². The first kappa shape index (κ1) is 17.3. The van der Waals surface area contributed by atoms with Crippen molar-refractivity contribution in [3.63, 3.8) is 0 Å². The van der Waals surface area contributed by atoms with Crippen LogP contribution in [0.4, 0.5) is 0 Å². The molecule has 3 nitrogen and oxygen atoms in total. The van der Waals surface area contributed by atoms with Gasteiger partial charge in [-0.15, -0.1) is 0 Å².